The molecular formula is C14H28N2S. The summed E-state index contributed by atoms with van der Waals surface area (Å²) in [7, 11) is 0. The summed E-state index contributed by atoms with van der Waals surface area (Å²) in [5, 5.41) is 1.58. The predicted octanol–water partition coefficient (Wildman–Crippen LogP) is 2.72. The third kappa shape index (κ3) is 3.62. The van der Waals surface area contributed by atoms with E-state index in [1.165, 1.54) is 51.7 Å². The molecule has 1 saturated heterocycles. The first-order chi connectivity index (χ1) is 8.13. The maximum absolute atomic E-state index is 6.09. The van der Waals surface area contributed by atoms with Crippen LogP contribution >= 0.6 is 11.8 Å². The molecule has 0 aromatic carbocycles. The molecule has 1 heterocycles. The number of thioether (sulfide) groups is 1. The minimum absolute atomic E-state index is 0.444. The van der Waals surface area contributed by atoms with Gasteiger partial charge in [-0.3, -0.25) is 0 Å². The van der Waals surface area contributed by atoms with Crippen LogP contribution in [0.1, 0.15) is 46.0 Å². The van der Waals surface area contributed by atoms with Crippen molar-refractivity contribution in [3.63, 3.8) is 0 Å². The molecule has 0 radical (unpaired) electrons. The first-order valence-corrected chi connectivity index (χ1v) is 8.16. The van der Waals surface area contributed by atoms with Crippen LogP contribution in [0, 0.1) is 5.41 Å². The molecule has 1 saturated carbocycles. The summed E-state index contributed by atoms with van der Waals surface area (Å²) in [6.45, 7) is 9.39. The summed E-state index contributed by atoms with van der Waals surface area (Å²) in [5.74, 6) is 0. The van der Waals surface area contributed by atoms with Crippen molar-refractivity contribution in [3.8, 4) is 0 Å². The van der Waals surface area contributed by atoms with Gasteiger partial charge in [0.15, 0.2) is 0 Å². The van der Waals surface area contributed by atoms with E-state index in [2.05, 4.69) is 30.5 Å². The van der Waals surface area contributed by atoms with E-state index in [0.717, 1.165) is 17.0 Å². The predicted molar refractivity (Wildman–Crippen MR) is 77.5 cm³/mol. The summed E-state index contributed by atoms with van der Waals surface area (Å²) in [6, 6.07) is 0. The second kappa shape index (κ2) is 5.94. The van der Waals surface area contributed by atoms with E-state index in [9.17, 15) is 0 Å². The molecule has 2 unspecified atom stereocenters. The Labute approximate surface area is 111 Å². The standard InChI is InChI=1S/C14H28N2S/c1-12-8-16(9-13(2)17-12)11-14(10-15)6-4-3-5-7-14/h12-13H,3-11,15H2,1-2H3. The highest BCUT2D eigenvalue weighted by atomic mass is 32.2. The Morgan fingerprint density at radius 1 is 1.12 bits per heavy atom. The lowest BCUT2D eigenvalue weighted by Gasteiger charge is -2.43. The highest BCUT2D eigenvalue weighted by molar-refractivity contribution is 8.00. The Morgan fingerprint density at radius 2 is 1.71 bits per heavy atom. The molecule has 3 heteroatoms. The lowest BCUT2D eigenvalue weighted by atomic mass is 9.73. The van der Waals surface area contributed by atoms with Crippen molar-refractivity contribution < 1.29 is 0 Å². The van der Waals surface area contributed by atoms with Gasteiger partial charge in [0, 0.05) is 30.1 Å². The molecule has 0 aromatic heterocycles. The third-order valence-corrected chi connectivity index (χ3v) is 5.63. The van der Waals surface area contributed by atoms with Crippen molar-refractivity contribution >= 4 is 11.8 Å². The van der Waals surface area contributed by atoms with Crippen LogP contribution in [0.3, 0.4) is 0 Å². The molecule has 2 fully saturated rings. The van der Waals surface area contributed by atoms with E-state index in [1.54, 1.807) is 0 Å². The lowest BCUT2D eigenvalue weighted by molar-refractivity contribution is 0.110. The van der Waals surface area contributed by atoms with Crippen molar-refractivity contribution in [1.29, 1.82) is 0 Å². The van der Waals surface area contributed by atoms with Crippen molar-refractivity contribution in [2.75, 3.05) is 26.2 Å². The zero-order valence-electron chi connectivity index (χ0n) is 11.5. The van der Waals surface area contributed by atoms with Gasteiger partial charge in [-0.2, -0.15) is 11.8 Å². The fourth-order valence-corrected chi connectivity index (χ4v) is 5.00. The van der Waals surface area contributed by atoms with Gasteiger partial charge in [0.25, 0.3) is 0 Å². The van der Waals surface area contributed by atoms with E-state index in [4.69, 9.17) is 5.73 Å². The van der Waals surface area contributed by atoms with Gasteiger partial charge < -0.3 is 10.6 Å². The highest BCUT2D eigenvalue weighted by Gasteiger charge is 2.34. The van der Waals surface area contributed by atoms with Crippen LogP contribution in [-0.4, -0.2) is 41.6 Å². The molecular weight excluding hydrogens is 228 g/mol. The zero-order chi connectivity index (χ0) is 12.3. The SMILES string of the molecule is CC1CN(CC2(CN)CCCCC2)CC(C)S1. The van der Waals surface area contributed by atoms with Crippen LogP contribution in [0.25, 0.3) is 0 Å². The highest BCUT2D eigenvalue weighted by Crippen LogP contribution is 2.37. The van der Waals surface area contributed by atoms with E-state index in [0.29, 0.717) is 5.41 Å². The molecule has 1 aliphatic carbocycles. The van der Waals surface area contributed by atoms with Crippen LogP contribution in [0.15, 0.2) is 0 Å². The van der Waals surface area contributed by atoms with Crippen molar-refractivity contribution in [2.24, 2.45) is 11.1 Å². The maximum Gasteiger partial charge on any atom is 0.0149 e. The van der Waals surface area contributed by atoms with Gasteiger partial charge in [0.05, 0.1) is 0 Å². The van der Waals surface area contributed by atoms with Gasteiger partial charge in [-0.25, -0.2) is 0 Å². The van der Waals surface area contributed by atoms with Crippen LogP contribution in [-0.2, 0) is 0 Å². The molecule has 0 amide bonds. The summed E-state index contributed by atoms with van der Waals surface area (Å²) in [4.78, 5) is 2.68. The van der Waals surface area contributed by atoms with Gasteiger partial charge in [0.2, 0.25) is 0 Å². The Morgan fingerprint density at radius 3 is 2.24 bits per heavy atom. The zero-order valence-corrected chi connectivity index (χ0v) is 12.3. The molecule has 2 atom stereocenters. The molecule has 2 aliphatic rings. The molecule has 17 heavy (non-hydrogen) atoms. The average Bonchev–Trinajstić information content (AvgIpc) is 2.29. The first-order valence-electron chi connectivity index (χ1n) is 7.21. The minimum atomic E-state index is 0.444. The normalized spacial score (nSPS) is 34.8. The van der Waals surface area contributed by atoms with E-state index < -0.39 is 0 Å². The average molecular weight is 256 g/mol. The number of nitrogens with zero attached hydrogens (tertiary/aromatic N) is 1. The summed E-state index contributed by atoms with van der Waals surface area (Å²) >= 11 is 2.14. The molecule has 0 aromatic rings. The van der Waals surface area contributed by atoms with Gasteiger partial charge in [0.1, 0.15) is 0 Å². The van der Waals surface area contributed by atoms with Gasteiger partial charge in [-0.05, 0) is 24.8 Å². The summed E-state index contributed by atoms with van der Waals surface area (Å²) in [5.41, 5.74) is 6.54. The number of hydrogen-bond donors (Lipinski definition) is 1. The Hall–Kier alpha value is 0.270. The lowest BCUT2D eigenvalue weighted by Crippen LogP contribution is -2.49. The van der Waals surface area contributed by atoms with Crippen LogP contribution in [0.5, 0.6) is 0 Å². The second-order valence-corrected chi connectivity index (χ2v) is 8.10. The summed E-state index contributed by atoms with van der Waals surface area (Å²) in [6.07, 6.45) is 6.92. The van der Waals surface area contributed by atoms with Gasteiger partial charge >= 0.3 is 0 Å². The molecule has 0 bridgehead atoms. The quantitative estimate of drug-likeness (QED) is 0.842. The van der Waals surface area contributed by atoms with Crippen molar-refractivity contribution in [2.45, 2.75) is 56.5 Å². The van der Waals surface area contributed by atoms with Gasteiger partial charge in [-0.15, -0.1) is 0 Å². The fraction of sp³-hybridized carbons (Fsp3) is 1.00. The molecule has 0 spiro atoms. The molecule has 2 N–H and O–H groups in total. The molecule has 100 valence electrons. The fourth-order valence-electron chi connectivity index (χ4n) is 3.62. The molecule has 1 aliphatic heterocycles. The first kappa shape index (κ1) is 13.7. The van der Waals surface area contributed by atoms with Crippen molar-refractivity contribution in [1.82, 2.24) is 4.90 Å². The van der Waals surface area contributed by atoms with Crippen LogP contribution in [0.2, 0.25) is 0 Å². The largest absolute Gasteiger partial charge is 0.330 e. The monoisotopic (exact) mass is 256 g/mol. The second-order valence-electron chi connectivity index (χ2n) is 6.22. The topological polar surface area (TPSA) is 29.3 Å². The van der Waals surface area contributed by atoms with Crippen LogP contribution < -0.4 is 5.73 Å². The van der Waals surface area contributed by atoms with E-state index >= 15 is 0 Å². The van der Waals surface area contributed by atoms with E-state index in [1.807, 2.05) is 0 Å². The van der Waals surface area contributed by atoms with E-state index in [-0.39, 0.29) is 0 Å². The third-order valence-electron chi connectivity index (χ3n) is 4.40. The number of hydrogen-bond acceptors (Lipinski definition) is 3. The maximum atomic E-state index is 6.09. The Bertz CT molecular complexity index is 228. The molecule has 2 rings (SSSR count). The Balaban J connectivity index is 1.93. The summed E-state index contributed by atoms with van der Waals surface area (Å²) < 4.78 is 0. The minimum Gasteiger partial charge on any atom is -0.330 e. The Kier molecular flexibility index (Phi) is 4.79. The molecule has 2 nitrogen and oxygen atoms in total. The number of nitrogens with two attached hydrogens (primary N) is 1. The van der Waals surface area contributed by atoms with Crippen molar-refractivity contribution in [3.05, 3.63) is 0 Å². The smallest absolute Gasteiger partial charge is 0.0149 e. The van der Waals surface area contributed by atoms with Gasteiger partial charge in [-0.1, -0.05) is 33.1 Å². The number of rotatable bonds is 3. The van der Waals surface area contributed by atoms with Crippen LogP contribution in [0.4, 0.5) is 0 Å².